The lowest BCUT2D eigenvalue weighted by Crippen LogP contribution is -2.40. The molecule has 0 aliphatic carbocycles. The zero-order chi connectivity index (χ0) is 15.1. The number of amides is 2. The number of fused-ring (bicyclic) bond motifs is 1. The number of para-hydroxylation sites is 1. The quantitative estimate of drug-likeness (QED) is 0.630. The molecule has 0 bridgehead atoms. The van der Waals surface area contributed by atoms with Gasteiger partial charge in [0.15, 0.2) is 0 Å². The van der Waals surface area contributed by atoms with Crippen molar-refractivity contribution >= 4 is 16.9 Å². The van der Waals surface area contributed by atoms with Gasteiger partial charge in [0.2, 0.25) is 0 Å². The topological polar surface area (TPSA) is 77.2 Å². The predicted molar refractivity (Wildman–Crippen MR) is 84.3 cm³/mol. The van der Waals surface area contributed by atoms with Crippen LogP contribution in [0.15, 0.2) is 30.5 Å². The minimum atomic E-state index is -0.464. The van der Waals surface area contributed by atoms with E-state index in [4.69, 9.17) is 0 Å². The number of carbonyl (C=O) groups is 1. The Morgan fingerprint density at radius 1 is 1.33 bits per heavy atom. The molecule has 1 heterocycles. The molecule has 2 amide bonds. The summed E-state index contributed by atoms with van der Waals surface area (Å²) in [7, 11) is 0. The molecule has 1 aromatic heterocycles. The van der Waals surface area contributed by atoms with Gasteiger partial charge in [0.25, 0.3) is 0 Å². The lowest BCUT2D eigenvalue weighted by molar-refractivity contribution is 0.160. The molecule has 2 rings (SSSR count). The molecular weight excluding hydrogens is 266 g/mol. The average Bonchev–Trinajstić information content (AvgIpc) is 2.89. The van der Waals surface area contributed by atoms with Crippen molar-refractivity contribution in [3.63, 3.8) is 0 Å². The van der Waals surface area contributed by atoms with Crippen molar-refractivity contribution < 1.29 is 9.90 Å². The van der Waals surface area contributed by atoms with E-state index in [1.165, 1.54) is 10.9 Å². The van der Waals surface area contributed by atoms with Crippen LogP contribution in [0.4, 0.5) is 4.79 Å². The third-order valence-electron chi connectivity index (χ3n) is 3.47. The number of hydrogen-bond acceptors (Lipinski definition) is 2. The molecule has 5 heteroatoms. The van der Waals surface area contributed by atoms with E-state index in [1.54, 1.807) is 0 Å². The summed E-state index contributed by atoms with van der Waals surface area (Å²) in [6, 6.07) is 7.88. The number of benzene rings is 1. The second-order valence-electron chi connectivity index (χ2n) is 5.19. The van der Waals surface area contributed by atoms with E-state index >= 15 is 0 Å². The molecule has 1 aromatic carbocycles. The van der Waals surface area contributed by atoms with Crippen LogP contribution in [0.25, 0.3) is 10.9 Å². The summed E-state index contributed by atoms with van der Waals surface area (Å²) < 4.78 is 0. The molecule has 114 valence electrons. The van der Waals surface area contributed by atoms with Gasteiger partial charge in [0.05, 0.1) is 6.10 Å². The third kappa shape index (κ3) is 4.49. The van der Waals surface area contributed by atoms with Crippen LogP contribution in [0.2, 0.25) is 0 Å². The monoisotopic (exact) mass is 289 g/mol. The summed E-state index contributed by atoms with van der Waals surface area (Å²) in [6.45, 7) is 2.87. The van der Waals surface area contributed by atoms with Crippen LogP contribution in [0, 0.1) is 0 Å². The van der Waals surface area contributed by atoms with Gasteiger partial charge >= 0.3 is 6.03 Å². The maximum Gasteiger partial charge on any atom is 0.314 e. The molecule has 0 aliphatic heterocycles. The van der Waals surface area contributed by atoms with E-state index in [9.17, 15) is 9.90 Å². The first-order valence-electron chi connectivity index (χ1n) is 7.45. The molecule has 2 aromatic rings. The van der Waals surface area contributed by atoms with Gasteiger partial charge in [-0.2, -0.15) is 0 Å². The van der Waals surface area contributed by atoms with Gasteiger partial charge in [-0.15, -0.1) is 0 Å². The number of urea groups is 1. The summed E-state index contributed by atoms with van der Waals surface area (Å²) in [4.78, 5) is 14.8. The molecule has 1 unspecified atom stereocenters. The second kappa shape index (κ2) is 7.69. The number of carbonyl (C=O) groups excluding carboxylic acids is 1. The highest BCUT2D eigenvalue weighted by atomic mass is 16.3. The van der Waals surface area contributed by atoms with Crippen LogP contribution in [0.3, 0.4) is 0 Å². The number of hydrogen-bond donors (Lipinski definition) is 4. The number of aliphatic hydroxyl groups excluding tert-OH is 1. The standard InChI is InChI=1S/C16H23N3O2/c1-2-5-13(20)11-19-16(21)17-9-8-12-10-18-15-7-4-3-6-14(12)15/h3-4,6-7,10,13,18,20H,2,5,8-9,11H2,1H3,(H2,17,19,21). The van der Waals surface area contributed by atoms with E-state index < -0.39 is 6.10 Å². The maximum atomic E-state index is 11.6. The Bertz CT molecular complexity index is 580. The van der Waals surface area contributed by atoms with Crippen LogP contribution >= 0.6 is 0 Å². The highest BCUT2D eigenvalue weighted by Crippen LogP contribution is 2.17. The lowest BCUT2D eigenvalue weighted by Gasteiger charge is -2.11. The van der Waals surface area contributed by atoms with Crippen LogP contribution in [-0.2, 0) is 6.42 Å². The number of H-pyrrole nitrogens is 1. The predicted octanol–water partition coefficient (Wildman–Crippen LogP) is 2.17. The van der Waals surface area contributed by atoms with Gasteiger partial charge in [0, 0.05) is 30.2 Å². The molecule has 21 heavy (non-hydrogen) atoms. The van der Waals surface area contributed by atoms with Gasteiger partial charge in [-0.05, 0) is 24.5 Å². The van der Waals surface area contributed by atoms with Crippen molar-refractivity contribution in [2.24, 2.45) is 0 Å². The number of aromatic amines is 1. The molecule has 0 fully saturated rings. The zero-order valence-corrected chi connectivity index (χ0v) is 12.4. The number of aromatic nitrogens is 1. The van der Waals surface area contributed by atoms with Crippen LogP contribution in [0.1, 0.15) is 25.3 Å². The minimum Gasteiger partial charge on any atom is -0.391 e. The first-order chi connectivity index (χ1) is 10.2. The smallest absolute Gasteiger partial charge is 0.314 e. The average molecular weight is 289 g/mol. The molecule has 1 atom stereocenters. The summed E-state index contributed by atoms with van der Waals surface area (Å²) in [5.74, 6) is 0. The molecule has 0 aliphatic rings. The Balaban J connectivity index is 1.73. The summed E-state index contributed by atoms with van der Waals surface area (Å²) in [6.07, 6.45) is 3.90. The van der Waals surface area contributed by atoms with Crippen molar-refractivity contribution in [1.82, 2.24) is 15.6 Å². The minimum absolute atomic E-state index is 0.231. The summed E-state index contributed by atoms with van der Waals surface area (Å²) in [5.41, 5.74) is 2.30. The van der Waals surface area contributed by atoms with E-state index in [0.29, 0.717) is 19.5 Å². The Labute approximate surface area is 124 Å². The maximum absolute atomic E-state index is 11.6. The van der Waals surface area contributed by atoms with Crippen molar-refractivity contribution in [3.05, 3.63) is 36.0 Å². The van der Waals surface area contributed by atoms with Gasteiger partial charge in [-0.1, -0.05) is 31.5 Å². The number of rotatable bonds is 7. The Morgan fingerprint density at radius 3 is 2.95 bits per heavy atom. The van der Waals surface area contributed by atoms with Crippen LogP contribution in [0.5, 0.6) is 0 Å². The number of nitrogens with one attached hydrogen (secondary N) is 3. The molecule has 5 nitrogen and oxygen atoms in total. The van der Waals surface area contributed by atoms with E-state index in [0.717, 1.165) is 18.4 Å². The molecule has 0 saturated heterocycles. The van der Waals surface area contributed by atoms with Crippen LogP contribution in [-0.4, -0.2) is 35.3 Å². The van der Waals surface area contributed by atoms with Crippen molar-refractivity contribution in [2.75, 3.05) is 13.1 Å². The van der Waals surface area contributed by atoms with E-state index in [2.05, 4.69) is 21.7 Å². The summed E-state index contributed by atoms with van der Waals surface area (Å²) in [5, 5.41) is 16.2. The SMILES string of the molecule is CCCC(O)CNC(=O)NCCc1c[nH]c2ccccc12. The van der Waals surface area contributed by atoms with Gasteiger partial charge < -0.3 is 20.7 Å². The van der Waals surface area contributed by atoms with E-state index in [1.807, 2.05) is 31.3 Å². The van der Waals surface area contributed by atoms with Crippen molar-refractivity contribution in [3.8, 4) is 0 Å². The largest absolute Gasteiger partial charge is 0.391 e. The second-order valence-corrected chi connectivity index (χ2v) is 5.19. The fraction of sp³-hybridized carbons (Fsp3) is 0.438. The zero-order valence-electron chi connectivity index (χ0n) is 12.4. The molecular formula is C16H23N3O2. The lowest BCUT2D eigenvalue weighted by atomic mass is 10.1. The molecule has 0 radical (unpaired) electrons. The summed E-state index contributed by atoms with van der Waals surface area (Å²) >= 11 is 0. The fourth-order valence-corrected chi connectivity index (χ4v) is 2.36. The molecule has 4 N–H and O–H groups in total. The fourth-order valence-electron chi connectivity index (χ4n) is 2.36. The highest BCUT2D eigenvalue weighted by molar-refractivity contribution is 5.83. The Kier molecular flexibility index (Phi) is 5.63. The van der Waals surface area contributed by atoms with E-state index in [-0.39, 0.29) is 6.03 Å². The molecule has 0 saturated carbocycles. The van der Waals surface area contributed by atoms with Crippen molar-refractivity contribution in [2.45, 2.75) is 32.3 Å². The third-order valence-corrected chi connectivity index (χ3v) is 3.47. The first kappa shape index (κ1) is 15.4. The normalized spacial score (nSPS) is 12.3. The van der Waals surface area contributed by atoms with Crippen LogP contribution < -0.4 is 10.6 Å². The van der Waals surface area contributed by atoms with Gasteiger partial charge in [-0.3, -0.25) is 0 Å². The Hall–Kier alpha value is -2.01. The Morgan fingerprint density at radius 2 is 2.14 bits per heavy atom. The highest BCUT2D eigenvalue weighted by Gasteiger charge is 2.06. The van der Waals surface area contributed by atoms with Crippen molar-refractivity contribution in [1.29, 1.82) is 0 Å². The molecule has 0 spiro atoms. The van der Waals surface area contributed by atoms with Gasteiger partial charge in [0.1, 0.15) is 0 Å². The van der Waals surface area contributed by atoms with Gasteiger partial charge in [-0.25, -0.2) is 4.79 Å². The first-order valence-corrected chi connectivity index (χ1v) is 7.45. The number of aliphatic hydroxyl groups is 1.